The number of rotatable bonds is 6. The molecule has 0 aliphatic heterocycles. The largest absolute Gasteiger partial charge is 0.477 e. The molecule has 0 aliphatic carbocycles. The van der Waals surface area contributed by atoms with Gasteiger partial charge in [0, 0.05) is 12.3 Å². The van der Waals surface area contributed by atoms with Crippen LogP contribution in [0.15, 0.2) is 46.4 Å². The number of thiophene rings is 1. The zero-order valence-corrected chi connectivity index (χ0v) is 13.3. The number of carbonyl (C=O) groups is 1. The van der Waals surface area contributed by atoms with Crippen LogP contribution in [0.2, 0.25) is 0 Å². The molecule has 3 aromatic rings. The monoisotopic (exact) mass is 329 g/mol. The fraction of sp³-hybridized carbons (Fsp3) is 0.188. The standard InChI is InChI=1S/C16H15N3O3S/c1-2-21-16-12(5-3-7-17-16)15(20)18-10-11-9-13(22-19-11)14-6-4-8-23-14/h3-9H,2,10H2,1H3,(H,18,20). The van der Waals surface area contributed by atoms with E-state index in [-0.39, 0.29) is 12.5 Å². The molecule has 3 heterocycles. The second kappa shape index (κ2) is 7.06. The molecule has 0 saturated heterocycles. The first-order chi connectivity index (χ1) is 11.3. The molecule has 0 aliphatic rings. The summed E-state index contributed by atoms with van der Waals surface area (Å²) in [6.45, 7) is 2.57. The number of amides is 1. The van der Waals surface area contributed by atoms with Crippen LogP contribution in [-0.2, 0) is 6.54 Å². The maximum atomic E-state index is 12.3. The van der Waals surface area contributed by atoms with Crippen molar-refractivity contribution in [3.63, 3.8) is 0 Å². The average molecular weight is 329 g/mol. The van der Waals surface area contributed by atoms with E-state index in [0.717, 1.165) is 4.88 Å². The van der Waals surface area contributed by atoms with Crippen LogP contribution < -0.4 is 10.1 Å². The van der Waals surface area contributed by atoms with Crippen molar-refractivity contribution in [2.75, 3.05) is 6.61 Å². The number of hydrogen-bond acceptors (Lipinski definition) is 6. The van der Waals surface area contributed by atoms with Crippen molar-refractivity contribution >= 4 is 17.2 Å². The van der Waals surface area contributed by atoms with Gasteiger partial charge in [0.1, 0.15) is 11.3 Å². The highest BCUT2D eigenvalue weighted by molar-refractivity contribution is 7.13. The summed E-state index contributed by atoms with van der Waals surface area (Å²) >= 11 is 1.57. The zero-order valence-electron chi connectivity index (χ0n) is 12.5. The molecule has 23 heavy (non-hydrogen) atoms. The summed E-state index contributed by atoms with van der Waals surface area (Å²) in [4.78, 5) is 17.3. The zero-order chi connectivity index (χ0) is 16.1. The van der Waals surface area contributed by atoms with Crippen LogP contribution in [-0.4, -0.2) is 22.7 Å². The summed E-state index contributed by atoms with van der Waals surface area (Å²) in [5.41, 5.74) is 1.06. The van der Waals surface area contributed by atoms with Gasteiger partial charge in [0.05, 0.1) is 18.0 Å². The predicted molar refractivity (Wildman–Crippen MR) is 86.4 cm³/mol. The predicted octanol–water partition coefficient (Wildman–Crippen LogP) is 3.13. The van der Waals surface area contributed by atoms with Gasteiger partial charge >= 0.3 is 0 Å². The SMILES string of the molecule is CCOc1ncccc1C(=O)NCc1cc(-c2cccs2)on1. The molecular formula is C16H15N3O3S. The number of nitrogens with one attached hydrogen (secondary N) is 1. The van der Waals surface area contributed by atoms with Gasteiger partial charge in [-0.3, -0.25) is 4.79 Å². The quantitative estimate of drug-likeness (QED) is 0.752. The molecule has 6 nitrogen and oxygen atoms in total. The Morgan fingerprint density at radius 2 is 2.30 bits per heavy atom. The molecule has 0 fully saturated rings. The van der Waals surface area contributed by atoms with Gasteiger partial charge in [0.15, 0.2) is 5.76 Å². The van der Waals surface area contributed by atoms with Gasteiger partial charge in [-0.25, -0.2) is 4.98 Å². The summed E-state index contributed by atoms with van der Waals surface area (Å²) in [5, 5.41) is 8.73. The summed E-state index contributed by atoms with van der Waals surface area (Å²) < 4.78 is 10.6. The lowest BCUT2D eigenvalue weighted by Gasteiger charge is -2.08. The van der Waals surface area contributed by atoms with E-state index in [9.17, 15) is 4.79 Å². The van der Waals surface area contributed by atoms with Crippen LogP contribution >= 0.6 is 11.3 Å². The highest BCUT2D eigenvalue weighted by Crippen LogP contribution is 2.25. The van der Waals surface area contributed by atoms with Gasteiger partial charge in [-0.15, -0.1) is 11.3 Å². The van der Waals surface area contributed by atoms with Crippen molar-refractivity contribution < 1.29 is 14.1 Å². The summed E-state index contributed by atoms with van der Waals surface area (Å²) in [6, 6.07) is 9.09. The van der Waals surface area contributed by atoms with Crippen LogP contribution in [0.25, 0.3) is 10.6 Å². The van der Waals surface area contributed by atoms with Gasteiger partial charge in [-0.1, -0.05) is 11.2 Å². The second-order valence-corrected chi connectivity index (χ2v) is 5.58. The van der Waals surface area contributed by atoms with E-state index in [1.54, 1.807) is 29.7 Å². The number of hydrogen-bond donors (Lipinski definition) is 1. The smallest absolute Gasteiger partial charge is 0.257 e. The highest BCUT2D eigenvalue weighted by atomic mass is 32.1. The first-order valence-electron chi connectivity index (χ1n) is 7.13. The first-order valence-corrected chi connectivity index (χ1v) is 8.01. The third-order valence-corrected chi connectivity index (χ3v) is 3.93. The van der Waals surface area contributed by atoms with Crippen molar-refractivity contribution in [1.29, 1.82) is 0 Å². The number of ether oxygens (including phenoxy) is 1. The molecule has 0 atom stereocenters. The van der Waals surface area contributed by atoms with E-state index >= 15 is 0 Å². The number of pyridine rings is 1. The lowest BCUT2D eigenvalue weighted by Crippen LogP contribution is -2.24. The topological polar surface area (TPSA) is 77.2 Å². The van der Waals surface area contributed by atoms with Crippen molar-refractivity contribution in [2.45, 2.75) is 13.5 Å². The van der Waals surface area contributed by atoms with Crippen LogP contribution in [0.5, 0.6) is 5.88 Å². The first kappa shape index (κ1) is 15.2. The molecule has 118 valence electrons. The van der Waals surface area contributed by atoms with E-state index < -0.39 is 0 Å². The van der Waals surface area contributed by atoms with Crippen molar-refractivity contribution in [1.82, 2.24) is 15.5 Å². The van der Waals surface area contributed by atoms with Gasteiger partial charge in [0.2, 0.25) is 5.88 Å². The number of nitrogens with zero attached hydrogens (tertiary/aromatic N) is 2. The Bertz CT molecular complexity index is 783. The molecule has 0 radical (unpaired) electrons. The maximum Gasteiger partial charge on any atom is 0.257 e. The minimum absolute atomic E-state index is 0.262. The molecule has 0 bridgehead atoms. The van der Waals surface area contributed by atoms with Gasteiger partial charge < -0.3 is 14.6 Å². The summed E-state index contributed by atoms with van der Waals surface area (Å²) in [7, 11) is 0. The van der Waals surface area contributed by atoms with E-state index in [4.69, 9.17) is 9.26 Å². The molecule has 0 aromatic carbocycles. The summed E-state index contributed by atoms with van der Waals surface area (Å²) in [5.74, 6) is 0.759. The van der Waals surface area contributed by atoms with Crippen molar-refractivity contribution in [3.8, 4) is 16.5 Å². The lowest BCUT2D eigenvalue weighted by atomic mass is 10.2. The Morgan fingerprint density at radius 1 is 1.39 bits per heavy atom. The fourth-order valence-corrected chi connectivity index (χ4v) is 2.68. The maximum absolute atomic E-state index is 12.3. The Kier molecular flexibility index (Phi) is 4.68. The molecule has 1 N–H and O–H groups in total. The molecule has 0 saturated carbocycles. The van der Waals surface area contributed by atoms with Gasteiger partial charge in [-0.2, -0.15) is 0 Å². The van der Waals surface area contributed by atoms with Crippen LogP contribution in [0.3, 0.4) is 0 Å². The molecule has 1 amide bonds. The molecule has 0 unspecified atom stereocenters. The molecule has 3 rings (SSSR count). The minimum atomic E-state index is -0.262. The average Bonchev–Trinajstić information content (AvgIpc) is 3.24. The Balaban J connectivity index is 1.65. The lowest BCUT2D eigenvalue weighted by molar-refractivity contribution is 0.0945. The number of aromatic nitrogens is 2. The normalized spacial score (nSPS) is 10.5. The van der Waals surface area contributed by atoms with Crippen molar-refractivity contribution in [3.05, 3.63) is 53.2 Å². The fourth-order valence-electron chi connectivity index (χ4n) is 2.01. The summed E-state index contributed by atoms with van der Waals surface area (Å²) in [6.07, 6.45) is 1.59. The Hall–Kier alpha value is -2.67. The number of carbonyl (C=O) groups excluding carboxylic acids is 1. The van der Waals surface area contributed by atoms with E-state index in [2.05, 4.69) is 15.5 Å². The minimum Gasteiger partial charge on any atom is -0.477 e. The van der Waals surface area contributed by atoms with Crippen molar-refractivity contribution in [2.24, 2.45) is 0 Å². The highest BCUT2D eigenvalue weighted by Gasteiger charge is 2.14. The van der Waals surface area contributed by atoms with E-state index in [1.807, 2.05) is 30.5 Å². The molecule has 0 spiro atoms. The molecule has 7 heteroatoms. The molecule has 3 aromatic heterocycles. The van der Waals surface area contributed by atoms with E-state index in [1.165, 1.54) is 0 Å². The Labute approximate surface area is 137 Å². The van der Waals surface area contributed by atoms with Crippen LogP contribution in [0.1, 0.15) is 23.0 Å². The van der Waals surface area contributed by atoms with Gasteiger partial charge in [0.25, 0.3) is 5.91 Å². The van der Waals surface area contributed by atoms with Crippen LogP contribution in [0.4, 0.5) is 0 Å². The third-order valence-electron chi connectivity index (χ3n) is 3.05. The second-order valence-electron chi connectivity index (χ2n) is 4.63. The Morgan fingerprint density at radius 3 is 3.09 bits per heavy atom. The van der Waals surface area contributed by atoms with E-state index in [0.29, 0.717) is 29.5 Å². The van der Waals surface area contributed by atoms with Crippen LogP contribution in [0, 0.1) is 0 Å². The third kappa shape index (κ3) is 3.57. The molecular weight excluding hydrogens is 314 g/mol. The van der Waals surface area contributed by atoms with Gasteiger partial charge in [-0.05, 0) is 30.5 Å².